The van der Waals surface area contributed by atoms with E-state index in [1.54, 1.807) is 0 Å². The Hall–Kier alpha value is -1.47. The van der Waals surface area contributed by atoms with Crippen LogP contribution in [0.15, 0.2) is 35.4 Å². The van der Waals surface area contributed by atoms with Gasteiger partial charge in [0.05, 0.1) is 0 Å². The molecule has 3 heteroatoms. The second-order valence-corrected chi connectivity index (χ2v) is 6.38. The molecule has 1 aromatic carbocycles. The van der Waals surface area contributed by atoms with Crippen LogP contribution in [0.5, 0.6) is 0 Å². The predicted molar refractivity (Wildman–Crippen MR) is 78.9 cm³/mol. The largest absolute Gasteiger partial charge is 0.0903 e. The van der Waals surface area contributed by atoms with Crippen LogP contribution >= 0.6 is 0 Å². The van der Waals surface area contributed by atoms with Crippen LogP contribution in [0.2, 0.25) is 0 Å². The Morgan fingerprint density at radius 2 is 1.89 bits per heavy atom. The highest BCUT2D eigenvalue weighted by Gasteiger charge is 2.39. The lowest BCUT2D eigenvalue weighted by molar-refractivity contribution is 0.171. The molecule has 2 rings (SSSR count). The fourth-order valence-corrected chi connectivity index (χ4v) is 3.47. The molecule has 0 saturated heterocycles. The van der Waals surface area contributed by atoms with E-state index in [0.717, 1.165) is 12.8 Å². The maximum atomic E-state index is 8.82. The monoisotopic (exact) mass is 257 g/mol. The molecule has 0 radical (unpaired) electrons. The van der Waals surface area contributed by atoms with Crippen molar-refractivity contribution in [3.63, 3.8) is 0 Å². The maximum absolute atomic E-state index is 8.82. The van der Waals surface area contributed by atoms with Crippen LogP contribution in [0.4, 0.5) is 0 Å². The maximum Gasteiger partial charge on any atom is 0.0413 e. The summed E-state index contributed by atoms with van der Waals surface area (Å²) in [7, 11) is 0. The molecule has 1 aliphatic rings. The van der Waals surface area contributed by atoms with Gasteiger partial charge in [0.25, 0.3) is 0 Å². The first-order valence-corrected chi connectivity index (χ1v) is 7.15. The third kappa shape index (κ3) is 2.93. The summed E-state index contributed by atoms with van der Waals surface area (Å²) in [5.41, 5.74) is 10.2. The Labute approximate surface area is 115 Å². The Morgan fingerprint density at radius 1 is 1.21 bits per heavy atom. The lowest BCUT2D eigenvalue weighted by atomic mass is 9.64. The number of benzene rings is 1. The van der Waals surface area contributed by atoms with Crippen LogP contribution in [0, 0.1) is 11.8 Å². The van der Waals surface area contributed by atoms with Crippen molar-refractivity contribution in [3.05, 3.63) is 46.3 Å². The molecule has 102 valence electrons. The van der Waals surface area contributed by atoms with Gasteiger partial charge in [-0.05, 0) is 41.2 Å². The first kappa shape index (κ1) is 14.0. The number of rotatable bonds is 3. The molecule has 1 saturated carbocycles. The highest BCUT2D eigenvalue weighted by molar-refractivity contribution is 5.25. The molecule has 0 heterocycles. The van der Waals surface area contributed by atoms with Crippen LogP contribution in [0.1, 0.15) is 45.6 Å². The molecule has 0 amide bonds. The van der Waals surface area contributed by atoms with Crippen molar-refractivity contribution in [1.29, 1.82) is 0 Å². The van der Waals surface area contributed by atoms with Crippen molar-refractivity contribution in [1.82, 2.24) is 0 Å². The van der Waals surface area contributed by atoms with E-state index in [1.165, 1.54) is 12.0 Å². The molecule has 3 atom stereocenters. The fraction of sp³-hybridized carbons (Fsp3) is 0.625. The van der Waals surface area contributed by atoms with E-state index >= 15 is 0 Å². The van der Waals surface area contributed by atoms with E-state index in [4.69, 9.17) is 5.53 Å². The first-order valence-electron chi connectivity index (χ1n) is 7.15. The van der Waals surface area contributed by atoms with E-state index in [2.05, 4.69) is 55.1 Å². The van der Waals surface area contributed by atoms with E-state index in [1.807, 2.05) is 6.07 Å². The number of azide groups is 1. The summed E-state index contributed by atoms with van der Waals surface area (Å²) < 4.78 is 0. The van der Waals surface area contributed by atoms with Gasteiger partial charge in [0.15, 0.2) is 0 Å². The van der Waals surface area contributed by atoms with Gasteiger partial charge in [-0.15, -0.1) is 0 Å². The number of hydrogen-bond acceptors (Lipinski definition) is 1. The molecule has 0 aliphatic heterocycles. The van der Waals surface area contributed by atoms with Gasteiger partial charge in [0, 0.05) is 11.0 Å². The second kappa shape index (κ2) is 5.66. The Morgan fingerprint density at radius 3 is 2.53 bits per heavy atom. The van der Waals surface area contributed by atoms with Crippen LogP contribution in [0.25, 0.3) is 10.4 Å². The summed E-state index contributed by atoms with van der Waals surface area (Å²) >= 11 is 0. The topological polar surface area (TPSA) is 48.8 Å². The van der Waals surface area contributed by atoms with E-state index in [-0.39, 0.29) is 11.5 Å². The summed E-state index contributed by atoms with van der Waals surface area (Å²) in [4.78, 5) is 3.08. The molecule has 0 unspecified atom stereocenters. The number of hydrogen-bond donors (Lipinski definition) is 0. The molecule has 1 aromatic rings. The summed E-state index contributed by atoms with van der Waals surface area (Å²) in [6.45, 7) is 6.82. The zero-order chi connectivity index (χ0) is 13.9. The molecule has 1 aliphatic carbocycles. The van der Waals surface area contributed by atoms with Gasteiger partial charge >= 0.3 is 0 Å². The van der Waals surface area contributed by atoms with Gasteiger partial charge in [0.1, 0.15) is 0 Å². The molecule has 1 fully saturated rings. The predicted octanol–water partition coefficient (Wildman–Crippen LogP) is 5.08. The molecule has 0 bridgehead atoms. The third-order valence-electron chi connectivity index (χ3n) is 4.72. The minimum atomic E-state index is 0.0558. The van der Waals surface area contributed by atoms with Crippen molar-refractivity contribution < 1.29 is 0 Å². The Bertz CT molecular complexity index is 460. The first-order chi connectivity index (χ1) is 9.05. The number of nitrogens with zero attached hydrogens (tertiary/aromatic N) is 3. The van der Waals surface area contributed by atoms with Crippen molar-refractivity contribution >= 4 is 0 Å². The van der Waals surface area contributed by atoms with Crippen molar-refractivity contribution in [2.75, 3.05) is 0 Å². The molecule has 0 aromatic heterocycles. The van der Waals surface area contributed by atoms with Gasteiger partial charge in [-0.2, -0.15) is 0 Å². The van der Waals surface area contributed by atoms with Crippen LogP contribution in [-0.4, -0.2) is 6.04 Å². The van der Waals surface area contributed by atoms with Crippen LogP contribution < -0.4 is 0 Å². The minimum Gasteiger partial charge on any atom is -0.0903 e. The molecular weight excluding hydrogens is 234 g/mol. The zero-order valence-electron chi connectivity index (χ0n) is 12.1. The van der Waals surface area contributed by atoms with Crippen LogP contribution in [-0.2, 0) is 5.41 Å². The molecule has 19 heavy (non-hydrogen) atoms. The second-order valence-electron chi connectivity index (χ2n) is 6.38. The van der Waals surface area contributed by atoms with Gasteiger partial charge in [-0.25, -0.2) is 0 Å². The van der Waals surface area contributed by atoms with E-state index in [9.17, 15) is 0 Å². The van der Waals surface area contributed by atoms with Crippen molar-refractivity contribution in [2.45, 2.75) is 51.5 Å². The SMILES string of the molecule is C[C@@H]1CC[C@@H](C(C)(C)c2ccccc2)[C@@H](N=[N+]=[N-])C1. The zero-order valence-corrected chi connectivity index (χ0v) is 12.1. The van der Waals surface area contributed by atoms with Crippen LogP contribution in [0.3, 0.4) is 0 Å². The lowest BCUT2D eigenvalue weighted by Gasteiger charge is -2.43. The standard InChI is InChI=1S/C16H23N3/c1-12-9-10-14(15(11-12)18-19-17)16(2,3)13-7-5-4-6-8-13/h4-8,12,14-15H,9-11H2,1-3H3/t12-,14-,15+/m1/s1. The smallest absolute Gasteiger partial charge is 0.0413 e. The lowest BCUT2D eigenvalue weighted by Crippen LogP contribution is -2.40. The Balaban J connectivity index is 2.29. The molecule has 0 N–H and O–H groups in total. The molecular formula is C16H23N3. The normalized spacial score (nSPS) is 27.6. The third-order valence-corrected chi connectivity index (χ3v) is 4.72. The van der Waals surface area contributed by atoms with E-state index in [0.29, 0.717) is 11.8 Å². The highest BCUT2D eigenvalue weighted by Crippen LogP contribution is 2.43. The fourth-order valence-electron chi connectivity index (χ4n) is 3.47. The summed E-state index contributed by atoms with van der Waals surface area (Å²) in [5, 5.41) is 4.09. The average Bonchev–Trinajstić information content (AvgIpc) is 2.40. The van der Waals surface area contributed by atoms with E-state index < -0.39 is 0 Å². The summed E-state index contributed by atoms with van der Waals surface area (Å²) in [5.74, 6) is 1.10. The summed E-state index contributed by atoms with van der Waals surface area (Å²) in [6.07, 6.45) is 3.40. The minimum absolute atomic E-state index is 0.0558. The highest BCUT2D eigenvalue weighted by atomic mass is 15.2. The average molecular weight is 257 g/mol. The van der Waals surface area contributed by atoms with Crippen molar-refractivity contribution in [2.24, 2.45) is 17.0 Å². The quantitative estimate of drug-likeness (QED) is 0.412. The molecule has 0 spiro atoms. The van der Waals surface area contributed by atoms with Crippen molar-refractivity contribution in [3.8, 4) is 0 Å². The van der Waals surface area contributed by atoms with Gasteiger partial charge in [-0.3, -0.25) is 0 Å². The van der Waals surface area contributed by atoms with Gasteiger partial charge in [-0.1, -0.05) is 62.6 Å². The Kier molecular flexibility index (Phi) is 4.16. The summed E-state index contributed by atoms with van der Waals surface area (Å²) in [6, 6.07) is 10.7. The molecule has 3 nitrogen and oxygen atoms in total. The van der Waals surface area contributed by atoms with Gasteiger partial charge < -0.3 is 0 Å². The van der Waals surface area contributed by atoms with Gasteiger partial charge in [0.2, 0.25) is 0 Å².